The summed E-state index contributed by atoms with van der Waals surface area (Å²) in [6.45, 7) is 6.49. The predicted octanol–water partition coefficient (Wildman–Crippen LogP) is 14.0. The van der Waals surface area contributed by atoms with Gasteiger partial charge in [0.1, 0.15) is 6.10 Å². The Morgan fingerprint density at radius 2 is 0.778 bits per heavy atom. The van der Waals surface area contributed by atoms with Crippen molar-refractivity contribution in [2.24, 2.45) is 0 Å². The van der Waals surface area contributed by atoms with Gasteiger partial charge in [-0.15, -0.1) is 0 Å². The normalized spacial score (nSPS) is 13.2. The third kappa shape index (κ3) is 37.8. The second kappa shape index (κ2) is 43.0. The van der Waals surface area contributed by atoms with Crippen LogP contribution in [0.4, 0.5) is 0 Å². The standard InChI is InChI=1S/C48H95NO5/c1-4-7-10-13-16-19-22-25-28-31-34-37-40-46(51)45(43-50)49-47(52)42-44(39-36-33-30-27-24-21-18-15-12-9-6-3)54-48(53)41-38-35-32-29-26-23-20-17-14-11-8-5-2/h44-46,50-51H,4-43H2,1-3H3,(H,49,52). The van der Waals surface area contributed by atoms with Crippen molar-refractivity contribution in [2.45, 2.75) is 289 Å². The highest BCUT2D eigenvalue weighted by atomic mass is 16.5. The maximum atomic E-state index is 13.1. The summed E-state index contributed by atoms with van der Waals surface area (Å²) in [5.74, 6) is -0.456. The number of hydrogen-bond acceptors (Lipinski definition) is 5. The van der Waals surface area contributed by atoms with Crippen LogP contribution in [0.1, 0.15) is 271 Å². The van der Waals surface area contributed by atoms with Gasteiger partial charge in [0, 0.05) is 6.42 Å². The van der Waals surface area contributed by atoms with Gasteiger partial charge in [0.2, 0.25) is 5.91 Å². The van der Waals surface area contributed by atoms with Gasteiger partial charge in [-0.25, -0.2) is 0 Å². The molecule has 0 heterocycles. The molecule has 0 aliphatic rings. The summed E-state index contributed by atoms with van der Waals surface area (Å²) in [6.07, 6.45) is 44.4. The molecule has 0 aliphatic heterocycles. The van der Waals surface area contributed by atoms with E-state index < -0.39 is 18.2 Å². The van der Waals surface area contributed by atoms with Gasteiger partial charge in [-0.05, 0) is 25.7 Å². The first kappa shape index (κ1) is 52.9. The zero-order chi connectivity index (χ0) is 39.6. The molecule has 0 spiro atoms. The van der Waals surface area contributed by atoms with Gasteiger partial charge in [0.25, 0.3) is 0 Å². The minimum absolute atomic E-state index is 0.0871. The van der Waals surface area contributed by atoms with Gasteiger partial charge in [-0.2, -0.15) is 0 Å². The molecule has 6 heteroatoms. The molecule has 0 bridgehead atoms. The number of amides is 1. The first-order valence-corrected chi connectivity index (χ1v) is 24.3. The summed E-state index contributed by atoms with van der Waals surface area (Å²) >= 11 is 0. The van der Waals surface area contributed by atoms with E-state index in [-0.39, 0.29) is 24.9 Å². The molecule has 0 rings (SSSR count). The number of carbonyl (C=O) groups is 2. The van der Waals surface area contributed by atoms with Crippen LogP contribution < -0.4 is 5.32 Å². The molecule has 1 amide bonds. The molecule has 0 aromatic heterocycles. The van der Waals surface area contributed by atoms with E-state index in [0.29, 0.717) is 19.3 Å². The average molecular weight is 766 g/mol. The Morgan fingerprint density at radius 3 is 1.13 bits per heavy atom. The Morgan fingerprint density at radius 1 is 0.463 bits per heavy atom. The van der Waals surface area contributed by atoms with E-state index in [1.807, 2.05) is 0 Å². The molecule has 0 radical (unpaired) electrons. The minimum atomic E-state index is -0.777. The zero-order valence-electron chi connectivity index (χ0n) is 36.6. The lowest BCUT2D eigenvalue weighted by atomic mass is 10.0. The van der Waals surface area contributed by atoms with Crippen molar-refractivity contribution in [2.75, 3.05) is 6.61 Å². The smallest absolute Gasteiger partial charge is 0.306 e. The van der Waals surface area contributed by atoms with Crippen molar-refractivity contribution in [3.8, 4) is 0 Å². The van der Waals surface area contributed by atoms with Crippen molar-refractivity contribution >= 4 is 11.9 Å². The van der Waals surface area contributed by atoms with Crippen molar-refractivity contribution in [3.63, 3.8) is 0 Å². The van der Waals surface area contributed by atoms with Crippen molar-refractivity contribution in [3.05, 3.63) is 0 Å². The molecule has 6 nitrogen and oxygen atoms in total. The van der Waals surface area contributed by atoms with Crippen molar-refractivity contribution in [1.29, 1.82) is 0 Å². The summed E-state index contributed by atoms with van der Waals surface area (Å²) in [7, 11) is 0. The summed E-state index contributed by atoms with van der Waals surface area (Å²) in [5, 5.41) is 23.7. The van der Waals surface area contributed by atoms with E-state index in [1.165, 1.54) is 180 Å². The Balaban J connectivity index is 4.51. The molecule has 3 N–H and O–H groups in total. The number of ether oxygens (including phenoxy) is 1. The highest BCUT2D eigenvalue weighted by Crippen LogP contribution is 2.18. The molecular formula is C48H95NO5. The van der Waals surface area contributed by atoms with Gasteiger partial charge < -0.3 is 20.3 Å². The van der Waals surface area contributed by atoms with Crippen LogP contribution in [0.2, 0.25) is 0 Å². The molecule has 0 fully saturated rings. The number of aliphatic hydroxyl groups excluding tert-OH is 2. The summed E-state index contributed by atoms with van der Waals surface area (Å²) in [4.78, 5) is 26.0. The second-order valence-electron chi connectivity index (χ2n) is 16.9. The molecule has 0 aliphatic carbocycles. The minimum Gasteiger partial charge on any atom is -0.462 e. The number of nitrogens with one attached hydrogen (secondary N) is 1. The maximum Gasteiger partial charge on any atom is 0.306 e. The van der Waals surface area contributed by atoms with Crippen LogP contribution in [0.15, 0.2) is 0 Å². The lowest BCUT2D eigenvalue weighted by molar-refractivity contribution is -0.151. The third-order valence-corrected chi connectivity index (χ3v) is 11.4. The maximum absolute atomic E-state index is 13.1. The Kier molecular flexibility index (Phi) is 42.1. The number of unbranched alkanes of at least 4 members (excludes halogenated alkanes) is 32. The van der Waals surface area contributed by atoms with Crippen molar-refractivity contribution in [1.82, 2.24) is 5.32 Å². The lowest BCUT2D eigenvalue weighted by Crippen LogP contribution is -2.46. The number of aliphatic hydroxyl groups is 2. The van der Waals surface area contributed by atoms with Crippen LogP contribution in [0.3, 0.4) is 0 Å². The summed E-state index contributed by atoms with van der Waals surface area (Å²) in [5.41, 5.74) is 0. The fourth-order valence-electron chi connectivity index (χ4n) is 7.73. The first-order chi connectivity index (χ1) is 26.5. The Hall–Kier alpha value is -1.14. The van der Waals surface area contributed by atoms with Gasteiger partial charge in [0.05, 0.1) is 25.2 Å². The molecule has 3 unspecified atom stereocenters. The molecule has 322 valence electrons. The molecule has 54 heavy (non-hydrogen) atoms. The molecule has 0 saturated heterocycles. The molecular weight excluding hydrogens is 671 g/mol. The van der Waals surface area contributed by atoms with E-state index in [1.54, 1.807) is 0 Å². The Labute approximate surface area is 336 Å². The van der Waals surface area contributed by atoms with Gasteiger partial charge in [-0.3, -0.25) is 9.59 Å². The Bertz CT molecular complexity index is 776. The summed E-state index contributed by atoms with van der Waals surface area (Å²) in [6, 6.07) is -0.690. The molecule has 0 saturated carbocycles. The van der Waals surface area contributed by atoms with E-state index in [4.69, 9.17) is 4.74 Å². The lowest BCUT2D eigenvalue weighted by Gasteiger charge is -2.24. The molecule has 0 aromatic carbocycles. The first-order valence-electron chi connectivity index (χ1n) is 24.3. The fraction of sp³-hybridized carbons (Fsp3) is 0.958. The van der Waals surface area contributed by atoms with Crippen LogP contribution >= 0.6 is 0 Å². The monoisotopic (exact) mass is 766 g/mol. The van der Waals surface area contributed by atoms with E-state index in [2.05, 4.69) is 26.1 Å². The number of hydrogen-bond donors (Lipinski definition) is 3. The quantitative estimate of drug-likeness (QED) is 0.0424. The number of rotatable bonds is 44. The average Bonchev–Trinajstić information content (AvgIpc) is 3.16. The highest BCUT2D eigenvalue weighted by molar-refractivity contribution is 5.77. The van der Waals surface area contributed by atoms with Crippen molar-refractivity contribution < 1.29 is 24.5 Å². The molecule has 0 aromatic rings. The SMILES string of the molecule is CCCCCCCCCCCCCCC(=O)OC(CCCCCCCCCCCCC)CC(=O)NC(CO)C(O)CCCCCCCCCCCCCC. The van der Waals surface area contributed by atoms with E-state index in [9.17, 15) is 19.8 Å². The topological polar surface area (TPSA) is 95.9 Å². The number of carbonyl (C=O) groups excluding carboxylic acids is 2. The van der Waals surface area contributed by atoms with Crippen LogP contribution in [-0.2, 0) is 14.3 Å². The largest absolute Gasteiger partial charge is 0.462 e. The van der Waals surface area contributed by atoms with Crippen LogP contribution in [0.25, 0.3) is 0 Å². The van der Waals surface area contributed by atoms with Crippen LogP contribution in [0, 0.1) is 0 Å². The van der Waals surface area contributed by atoms with E-state index in [0.717, 1.165) is 44.9 Å². The van der Waals surface area contributed by atoms with Gasteiger partial charge >= 0.3 is 5.97 Å². The summed E-state index contributed by atoms with van der Waals surface area (Å²) < 4.78 is 5.91. The van der Waals surface area contributed by atoms with Crippen LogP contribution in [0.5, 0.6) is 0 Å². The van der Waals surface area contributed by atoms with Gasteiger partial charge in [-0.1, -0.05) is 233 Å². The highest BCUT2D eigenvalue weighted by Gasteiger charge is 2.24. The fourth-order valence-corrected chi connectivity index (χ4v) is 7.73. The van der Waals surface area contributed by atoms with E-state index >= 15 is 0 Å². The predicted molar refractivity (Wildman–Crippen MR) is 232 cm³/mol. The third-order valence-electron chi connectivity index (χ3n) is 11.4. The van der Waals surface area contributed by atoms with Crippen LogP contribution in [-0.4, -0.2) is 46.9 Å². The zero-order valence-corrected chi connectivity index (χ0v) is 36.6. The molecule has 3 atom stereocenters. The van der Waals surface area contributed by atoms with Gasteiger partial charge in [0.15, 0.2) is 0 Å². The number of esters is 1. The second-order valence-corrected chi connectivity index (χ2v) is 16.9.